The molecule has 0 atom stereocenters. The fourth-order valence-electron chi connectivity index (χ4n) is 0. The maximum Gasteiger partial charge on any atom is 0.0404 e. The monoisotopic (exact) mass is 93.0 g/mol. The average Bonchev–Trinajstić information content (AvgIpc) is 1.37. The molecule has 0 spiro atoms. The van der Waals surface area contributed by atoms with E-state index in [0.717, 1.165) is 0 Å². The fraction of sp³-hybridized carbons (Fsp3) is 0.500. The molecular formula is C2H7NOS. The van der Waals surface area contributed by atoms with Crippen LogP contribution in [-0.2, 0) is 0 Å². The van der Waals surface area contributed by atoms with E-state index >= 15 is 0 Å². The molecule has 0 amide bonds. The molecule has 0 bridgehead atoms. The Morgan fingerprint density at radius 2 is 2.00 bits per heavy atom. The number of nitrogens with zero attached hydrogens (tertiary/aromatic N) is 1. The van der Waals surface area contributed by atoms with E-state index in [1.54, 1.807) is 6.92 Å². The van der Waals surface area contributed by atoms with Gasteiger partial charge in [-0.15, -0.1) is 5.16 Å². The van der Waals surface area contributed by atoms with E-state index in [0.29, 0.717) is 0 Å². The third-order valence-corrected chi connectivity index (χ3v) is 0.115. The molecule has 0 aromatic rings. The molecule has 0 aliphatic carbocycles. The van der Waals surface area contributed by atoms with E-state index in [1.807, 2.05) is 0 Å². The highest BCUT2D eigenvalue weighted by Gasteiger charge is 1.34. The Labute approximate surface area is 37.9 Å². The molecule has 0 rings (SSSR count). The first kappa shape index (κ1) is 8.84. The maximum absolute atomic E-state index is 7.44. The van der Waals surface area contributed by atoms with Crippen molar-refractivity contribution < 1.29 is 5.21 Å². The molecule has 0 saturated heterocycles. The zero-order valence-corrected chi connectivity index (χ0v) is 3.97. The first-order chi connectivity index (χ1) is 1.91. The molecule has 1 N–H and O–H groups in total. The van der Waals surface area contributed by atoms with Crippen molar-refractivity contribution >= 4 is 19.7 Å². The second kappa shape index (κ2) is 9.17. The maximum atomic E-state index is 7.44. The van der Waals surface area contributed by atoms with E-state index in [1.165, 1.54) is 6.21 Å². The van der Waals surface area contributed by atoms with Gasteiger partial charge in [0.1, 0.15) is 0 Å². The van der Waals surface area contributed by atoms with Crippen molar-refractivity contribution in [3.05, 3.63) is 0 Å². The standard InChI is InChI=1S/C2H5NO.H2S/c1-2-3-4;/h2,4H,1H3;1H2. The van der Waals surface area contributed by atoms with Crippen LogP contribution in [0.5, 0.6) is 0 Å². The van der Waals surface area contributed by atoms with Crippen LogP contribution >= 0.6 is 13.5 Å². The van der Waals surface area contributed by atoms with E-state index in [-0.39, 0.29) is 13.5 Å². The van der Waals surface area contributed by atoms with Gasteiger partial charge in [-0.1, -0.05) is 0 Å². The van der Waals surface area contributed by atoms with Crippen molar-refractivity contribution in [2.24, 2.45) is 5.16 Å². The van der Waals surface area contributed by atoms with Crippen molar-refractivity contribution in [1.29, 1.82) is 0 Å². The van der Waals surface area contributed by atoms with Crippen LogP contribution in [0.15, 0.2) is 5.16 Å². The summed E-state index contributed by atoms with van der Waals surface area (Å²) in [6.45, 7) is 1.64. The summed E-state index contributed by atoms with van der Waals surface area (Å²) in [5.41, 5.74) is 0. The van der Waals surface area contributed by atoms with Crippen LogP contribution in [0.1, 0.15) is 6.92 Å². The SMILES string of the molecule is CC=NO.S. The van der Waals surface area contributed by atoms with Crippen molar-refractivity contribution in [2.45, 2.75) is 6.92 Å². The van der Waals surface area contributed by atoms with E-state index in [4.69, 9.17) is 5.21 Å². The summed E-state index contributed by atoms with van der Waals surface area (Å²) in [6.07, 6.45) is 1.31. The predicted molar refractivity (Wildman–Crippen MR) is 26.3 cm³/mol. The summed E-state index contributed by atoms with van der Waals surface area (Å²) in [7, 11) is 0. The van der Waals surface area contributed by atoms with Crippen LogP contribution in [0.4, 0.5) is 0 Å². The lowest BCUT2D eigenvalue weighted by atomic mass is 10.9. The van der Waals surface area contributed by atoms with Crippen LogP contribution < -0.4 is 0 Å². The van der Waals surface area contributed by atoms with Crippen LogP contribution in [0.2, 0.25) is 0 Å². The highest BCUT2D eigenvalue weighted by Crippen LogP contribution is 1.38. The normalized spacial score (nSPS) is 7.40. The Kier molecular flexibility index (Phi) is 16.2. The summed E-state index contributed by atoms with van der Waals surface area (Å²) in [4.78, 5) is 0. The molecule has 0 radical (unpaired) electrons. The van der Waals surface area contributed by atoms with Crippen molar-refractivity contribution in [2.75, 3.05) is 0 Å². The smallest absolute Gasteiger partial charge is 0.0404 e. The second-order valence-corrected chi connectivity index (χ2v) is 0.374. The van der Waals surface area contributed by atoms with Gasteiger partial charge in [0.2, 0.25) is 0 Å². The Bertz CT molecular complexity index is 24.8. The minimum Gasteiger partial charge on any atom is -0.411 e. The second-order valence-electron chi connectivity index (χ2n) is 0.374. The van der Waals surface area contributed by atoms with Crippen LogP contribution in [0.3, 0.4) is 0 Å². The van der Waals surface area contributed by atoms with Crippen LogP contribution in [0.25, 0.3) is 0 Å². The zero-order valence-electron chi connectivity index (χ0n) is 2.97. The van der Waals surface area contributed by atoms with Crippen molar-refractivity contribution in [1.82, 2.24) is 0 Å². The molecule has 0 unspecified atom stereocenters. The fourth-order valence-corrected chi connectivity index (χ4v) is 0. The molecule has 0 fully saturated rings. The molecule has 0 heterocycles. The summed E-state index contributed by atoms with van der Waals surface area (Å²) < 4.78 is 0. The number of rotatable bonds is 0. The number of oxime groups is 1. The average molecular weight is 93.2 g/mol. The highest BCUT2D eigenvalue weighted by molar-refractivity contribution is 7.59. The molecule has 0 saturated carbocycles. The van der Waals surface area contributed by atoms with Gasteiger partial charge >= 0.3 is 0 Å². The van der Waals surface area contributed by atoms with Gasteiger partial charge in [0.05, 0.1) is 0 Å². The molecular weight excluding hydrogens is 86.1 g/mol. The first-order valence-corrected chi connectivity index (χ1v) is 1.04. The third-order valence-electron chi connectivity index (χ3n) is 0.115. The molecule has 0 aliphatic heterocycles. The topological polar surface area (TPSA) is 32.6 Å². The van der Waals surface area contributed by atoms with Gasteiger partial charge in [-0.2, -0.15) is 13.5 Å². The van der Waals surface area contributed by atoms with E-state index in [2.05, 4.69) is 5.16 Å². The zero-order chi connectivity index (χ0) is 3.41. The summed E-state index contributed by atoms with van der Waals surface area (Å²) in [5, 5.41) is 10.1. The van der Waals surface area contributed by atoms with Gasteiger partial charge in [-0.3, -0.25) is 0 Å². The largest absolute Gasteiger partial charge is 0.411 e. The Balaban J connectivity index is 0. The van der Waals surface area contributed by atoms with E-state index < -0.39 is 0 Å². The van der Waals surface area contributed by atoms with Gasteiger partial charge in [0.25, 0.3) is 0 Å². The molecule has 2 nitrogen and oxygen atoms in total. The Hall–Kier alpha value is -0.180. The number of hydrogen-bond acceptors (Lipinski definition) is 2. The predicted octanol–water partition coefficient (Wildman–Crippen LogP) is 0.579. The van der Waals surface area contributed by atoms with Crippen LogP contribution in [0, 0.1) is 0 Å². The first-order valence-electron chi connectivity index (χ1n) is 1.04. The number of hydrogen-bond donors (Lipinski definition) is 1. The molecule has 0 aromatic heterocycles. The van der Waals surface area contributed by atoms with Gasteiger partial charge in [-0.05, 0) is 6.92 Å². The van der Waals surface area contributed by atoms with Crippen molar-refractivity contribution in [3.8, 4) is 0 Å². The van der Waals surface area contributed by atoms with E-state index in [9.17, 15) is 0 Å². The van der Waals surface area contributed by atoms with Crippen molar-refractivity contribution in [3.63, 3.8) is 0 Å². The summed E-state index contributed by atoms with van der Waals surface area (Å²) >= 11 is 0. The quantitative estimate of drug-likeness (QED) is 0.265. The lowest BCUT2D eigenvalue weighted by Gasteiger charge is -1.54. The van der Waals surface area contributed by atoms with Gasteiger partial charge in [-0.25, -0.2) is 0 Å². The Morgan fingerprint density at radius 1 is 1.80 bits per heavy atom. The van der Waals surface area contributed by atoms with Crippen LogP contribution in [-0.4, -0.2) is 11.4 Å². The lowest BCUT2D eigenvalue weighted by molar-refractivity contribution is 0.321. The van der Waals surface area contributed by atoms with Gasteiger partial charge < -0.3 is 5.21 Å². The molecule has 32 valence electrons. The summed E-state index contributed by atoms with van der Waals surface area (Å²) in [5.74, 6) is 0. The minimum absolute atomic E-state index is 0. The molecule has 0 aromatic carbocycles. The molecule has 3 heteroatoms. The van der Waals surface area contributed by atoms with Gasteiger partial charge in [0.15, 0.2) is 0 Å². The molecule has 0 aliphatic rings. The highest BCUT2D eigenvalue weighted by atomic mass is 32.1. The lowest BCUT2D eigenvalue weighted by Crippen LogP contribution is -1.49. The molecule has 5 heavy (non-hydrogen) atoms. The van der Waals surface area contributed by atoms with Gasteiger partial charge in [0, 0.05) is 6.21 Å². The Morgan fingerprint density at radius 3 is 2.00 bits per heavy atom. The summed E-state index contributed by atoms with van der Waals surface area (Å²) in [6, 6.07) is 0. The third kappa shape index (κ3) is 18.8. The minimum atomic E-state index is 0.